The molecule has 4 heteroatoms. The van der Waals surface area contributed by atoms with Gasteiger partial charge < -0.3 is 10.5 Å². The van der Waals surface area contributed by atoms with Crippen LogP contribution in [0.5, 0.6) is 0 Å². The number of rotatable bonds is 6. The average Bonchev–Trinajstić information content (AvgIpc) is 2.27. The zero-order valence-electron chi connectivity index (χ0n) is 11.0. The van der Waals surface area contributed by atoms with Crippen molar-refractivity contribution in [2.45, 2.75) is 38.4 Å². The number of thioether (sulfide) groups is 1. The van der Waals surface area contributed by atoms with E-state index in [4.69, 9.17) is 5.41 Å². The lowest BCUT2D eigenvalue weighted by Crippen LogP contribution is -2.25. The third-order valence-corrected chi connectivity index (χ3v) is 4.21. The van der Waals surface area contributed by atoms with Gasteiger partial charge in [0.2, 0.25) is 0 Å². The molecule has 0 saturated carbocycles. The van der Waals surface area contributed by atoms with E-state index in [9.17, 15) is 9.90 Å². The Morgan fingerprint density at radius 1 is 1.67 bits per heavy atom. The molecule has 0 unspecified atom stereocenters. The summed E-state index contributed by atoms with van der Waals surface area (Å²) in [7, 11) is 0. The molecular formula is C14H21NO2S. The molecule has 0 fully saturated rings. The Kier molecular flexibility index (Phi) is 5.66. The molecule has 1 aliphatic carbocycles. The lowest BCUT2D eigenvalue weighted by Gasteiger charge is -2.25. The quantitative estimate of drug-likeness (QED) is 0.724. The number of hydrogen-bond acceptors (Lipinski definition) is 4. The molecule has 1 aliphatic rings. The zero-order chi connectivity index (χ0) is 13.7. The molecule has 0 bridgehead atoms. The number of carbonyl (C=O) groups excluding carboxylic acids is 1. The van der Waals surface area contributed by atoms with Gasteiger partial charge in [-0.05, 0) is 24.2 Å². The van der Waals surface area contributed by atoms with Crippen LogP contribution in [0.3, 0.4) is 0 Å². The summed E-state index contributed by atoms with van der Waals surface area (Å²) in [5.74, 6) is 1.21. The molecule has 0 heterocycles. The predicted molar refractivity (Wildman–Crippen MR) is 77.5 cm³/mol. The Bertz CT molecular complexity index is 387. The van der Waals surface area contributed by atoms with Crippen molar-refractivity contribution in [1.82, 2.24) is 0 Å². The highest BCUT2D eigenvalue weighted by Crippen LogP contribution is 2.32. The van der Waals surface area contributed by atoms with Crippen molar-refractivity contribution in [3.63, 3.8) is 0 Å². The fourth-order valence-corrected chi connectivity index (χ4v) is 3.35. The van der Waals surface area contributed by atoms with Crippen LogP contribution >= 0.6 is 11.8 Å². The minimum absolute atomic E-state index is 0.0342. The Labute approximate surface area is 113 Å². The van der Waals surface area contributed by atoms with Gasteiger partial charge in [0.25, 0.3) is 0 Å². The SMILES string of the molecule is C=CC(=N)C1=C(O)C[C@@H](C[C@H](C)SCC)CC1=O. The van der Waals surface area contributed by atoms with Gasteiger partial charge in [-0.2, -0.15) is 11.8 Å². The van der Waals surface area contributed by atoms with Crippen LogP contribution in [0, 0.1) is 11.3 Å². The Morgan fingerprint density at radius 3 is 2.83 bits per heavy atom. The number of hydrogen-bond donors (Lipinski definition) is 2. The van der Waals surface area contributed by atoms with Gasteiger partial charge in [0.1, 0.15) is 5.76 Å². The second-order valence-corrected chi connectivity index (χ2v) is 6.35. The summed E-state index contributed by atoms with van der Waals surface area (Å²) in [5.41, 5.74) is 0.198. The van der Waals surface area contributed by atoms with Gasteiger partial charge in [-0.3, -0.25) is 4.79 Å². The van der Waals surface area contributed by atoms with E-state index in [2.05, 4.69) is 20.4 Å². The molecule has 2 N–H and O–H groups in total. The topological polar surface area (TPSA) is 61.1 Å². The van der Waals surface area contributed by atoms with Crippen LogP contribution in [0.2, 0.25) is 0 Å². The summed E-state index contributed by atoms with van der Waals surface area (Å²) in [4.78, 5) is 11.9. The largest absolute Gasteiger partial charge is 0.511 e. The van der Waals surface area contributed by atoms with Crippen LogP contribution < -0.4 is 0 Å². The van der Waals surface area contributed by atoms with Crippen molar-refractivity contribution >= 4 is 23.3 Å². The van der Waals surface area contributed by atoms with Gasteiger partial charge >= 0.3 is 0 Å². The van der Waals surface area contributed by atoms with Gasteiger partial charge in [-0.15, -0.1) is 0 Å². The molecule has 0 aromatic carbocycles. The lowest BCUT2D eigenvalue weighted by atomic mass is 9.83. The van der Waals surface area contributed by atoms with Gasteiger partial charge in [0.05, 0.1) is 11.3 Å². The van der Waals surface area contributed by atoms with Gasteiger partial charge in [-0.25, -0.2) is 0 Å². The van der Waals surface area contributed by atoms with Crippen LogP contribution in [-0.2, 0) is 4.79 Å². The maximum Gasteiger partial charge on any atom is 0.168 e. The molecule has 0 spiro atoms. The summed E-state index contributed by atoms with van der Waals surface area (Å²) in [6.07, 6.45) is 3.18. The molecular weight excluding hydrogens is 246 g/mol. The molecule has 2 atom stereocenters. The van der Waals surface area contributed by atoms with Crippen LogP contribution in [0.1, 0.15) is 33.1 Å². The zero-order valence-corrected chi connectivity index (χ0v) is 11.8. The van der Waals surface area contributed by atoms with E-state index in [-0.39, 0.29) is 28.7 Å². The van der Waals surface area contributed by atoms with Crippen LogP contribution in [0.25, 0.3) is 0 Å². The first-order valence-electron chi connectivity index (χ1n) is 6.27. The average molecular weight is 267 g/mol. The van der Waals surface area contributed by atoms with Crippen molar-refractivity contribution < 1.29 is 9.90 Å². The molecule has 0 aromatic heterocycles. The molecule has 18 heavy (non-hydrogen) atoms. The molecule has 1 rings (SSSR count). The summed E-state index contributed by atoms with van der Waals surface area (Å²) in [6.45, 7) is 7.74. The van der Waals surface area contributed by atoms with E-state index in [0.29, 0.717) is 18.1 Å². The second-order valence-electron chi connectivity index (χ2n) is 4.64. The summed E-state index contributed by atoms with van der Waals surface area (Å²) < 4.78 is 0. The summed E-state index contributed by atoms with van der Waals surface area (Å²) in [6, 6.07) is 0. The number of allylic oxidation sites excluding steroid dienone is 3. The Balaban J connectivity index is 2.73. The van der Waals surface area contributed by atoms with E-state index in [1.165, 1.54) is 6.08 Å². The number of carbonyl (C=O) groups is 1. The molecule has 0 radical (unpaired) electrons. The maximum atomic E-state index is 11.9. The van der Waals surface area contributed by atoms with Gasteiger partial charge in [-0.1, -0.05) is 20.4 Å². The standard InChI is InChI=1S/C14H21NO2S/c1-4-11(15)14-12(16)7-10(8-13(14)17)6-9(3)18-5-2/h4,9-10,15-16H,1,5-8H2,2-3H3/t9-,10+/m0/s1. The number of nitrogens with one attached hydrogen (secondary N) is 1. The molecule has 0 amide bonds. The van der Waals surface area contributed by atoms with Crippen LogP contribution in [-0.4, -0.2) is 27.6 Å². The van der Waals surface area contributed by atoms with Gasteiger partial charge in [0, 0.05) is 18.1 Å². The number of aliphatic hydroxyl groups excluding tert-OH is 1. The van der Waals surface area contributed by atoms with Crippen molar-refractivity contribution in [3.05, 3.63) is 24.0 Å². The first kappa shape index (κ1) is 15.0. The van der Waals surface area contributed by atoms with Crippen molar-refractivity contribution in [1.29, 1.82) is 5.41 Å². The van der Waals surface area contributed by atoms with E-state index in [1.807, 2.05) is 11.8 Å². The number of aliphatic hydroxyl groups is 1. The highest BCUT2D eigenvalue weighted by atomic mass is 32.2. The minimum Gasteiger partial charge on any atom is -0.511 e. The van der Waals surface area contributed by atoms with E-state index in [0.717, 1.165) is 12.2 Å². The first-order chi connectivity index (χ1) is 8.49. The molecule has 3 nitrogen and oxygen atoms in total. The normalized spacial score (nSPS) is 21.9. The molecule has 100 valence electrons. The smallest absolute Gasteiger partial charge is 0.168 e. The fourth-order valence-electron chi connectivity index (χ4n) is 2.37. The van der Waals surface area contributed by atoms with Crippen LogP contribution in [0.15, 0.2) is 24.0 Å². The highest BCUT2D eigenvalue weighted by molar-refractivity contribution is 7.99. The van der Waals surface area contributed by atoms with E-state index >= 15 is 0 Å². The molecule has 0 saturated heterocycles. The number of ketones is 1. The Hall–Kier alpha value is -1.03. The van der Waals surface area contributed by atoms with E-state index < -0.39 is 0 Å². The summed E-state index contributed by atoms with van der Waals surface area (Å²) in [5, 5.41) is 18.0. The first-order valence-corrected chi connectivity index (χ1v) is 7.32. The highest BCUT2D eigenvalue weighted by Gasteiger charge is 2.29. The summed E-state index contributed by atoms with van der Waals surface area (Å²) >= 11 is 1.87. The number of Topliss-reactive ketones (excluding diaryl/α,β-unsaturated/α-hetero) is 1. The van der Waals surface area contributed by atoms with Crippen LogP contribution in [0.4, 0.5) is 0 Å². The predicted octanol–water partition coefficient (Wildman–Crippen LogP) is 3.52. The van der Waals surface area contributed by atoms with Gasteiger partial charge in [0.15, 0.2) is 5.78 Å². The van der Waals surface area contributed by atoms with E-state index in [1.54, 1.807) is 0 Å². The van der Waals surface area contributed by atoms with Crippen molar-refractivity contribution in [2.75, 3.05) is 5.75 Å². The molecule has 0 aromatic rings. The fraction of sp³-hybridized carbons (Fsp3) is 0.571. The monoisotopic (exact) mass is 267 g/mol. The van der Waals surface area contributed by atoms with Crippen molar-refractivity contribution in [3.8, 4) is 0 Å². The third kappa shape index (κ3) is 3.73. The lowest BCUT2D eigenvalue weighted by molar-refractivity contribution is -0.116. The van der Waals surface area contributed by atoms with Crippen molar-refractivity contribution in [2.24, 2.45) is 5.92 Å². The Morgan fingerprint density at radius 2 is 2.33 bits per heavy atom. The molecule has 0 aliphatic heterocycles. The maximum absolute atomic E-state index is 11.9. The minimum atomic E-state index is -0.123. The third-order valence-electron chi connectivity index (χ3n) is 3.11. The second kappa shape index (κ2) is 6.78.